The normalized spacial score (nSPS) is 10.7. The second-order valence-corrected chi connectivity index (χ2v) is 5.68. The molecule has 21 heavy (non-hydrogen) atoms. The van der Waals surface area contributed by atoms with E-state index in [4.69, 9.17) is 11.6 Å². The number of hydrogen-bond acceptors (Lipinski definition) is 3. The molecule has 1 amide bonds. The topological polar surface area (TPSA) is 42.0 Å². The van der Waals surface area contributed by atoms with Crippen molar-refractivity contribution in [2.24, 2.45) is 0 Å². The quantitative estimate of drug-likeness (QED) is 0.502. The van der Waals surface area contributed by atoms with Crippen molar-refractivity contribution in [1.29, 1.82) is 0 Å². The van der Waals surface area contributed by atoms with E-state index >= 15 is 0 Å². The van der Waals surface area contributed by atoms with E-state index in [1.165, 1.54) is 6.08 Å². The van der Waals surface area contributed by atoms with E-state index in [1.807, 2.05) is 36.4 Å². The number of benzene rings is 1. The first-order valence-corrected chi connectivity index (χ1v) is 7.86. The van der Waals surface area contributed by atoms with Gasteiger partial charge in [0.15, 0.2) is 0 Å². The summed E-state index contributed by atoms with van der Waals surface area (Å²) < 4.78 is 0. The zero-order chi connectivity index (χ0) is 14.9. The van der Waals surface area contributed by atoms with E-state index in [9.17, 15) is 4.79 Å². The lowest BCUT2D eigenvalue weighted by molar-refractivity contribution is -0.116. The largest absolute Gasteiger partial charge is 0.352 e. The van der Waals surface area contributed by atoms with E-state index < -0.39 is 0 Å². The number of aromatic nitrogens is 1. The number of rotatable bonds is 6. The second kappa shape index (κ2) is 8.49. The maximum atomic E-state index is 11.7. The van der Waals surface area contributed by atoms with Gasteiger partial charge in [-0.15, -0.1) is 11.8 Å². The summed E-state index contributed by atoms with van der Waals surface area (Å²) in [7, 11) is 0. The average Bonchev–Trinajstić information content (AvgIpc) is 2.52. The number of carbonyl (C=O) groups is 1. The van der Waals surface area contributed by atoms with E-state index in [0.29, 0.717) is 11.6 Å². The third-order valence-corrected chi connectivity index (χ3v) is 3.90. The standard InChI is InChI=1S/C16H15ClN2OS/c17-14-6-2-1-5-13(14)8-9-15(20)18-11-12-21-16-7-3-4-10-19-16/h1-10H,11-12H2,(H,18,20). The molecule has 2 aromatic rings. The number of nitrogens with zero attached hydrogens (tertiary/aromatic N) is 1. The number of carbonyl (C=O) groups excluding carboxylic acids is 1. The van der Waals surface area contributed by atoms with Gasteiger partial charge in [0.05, 0.1) is 5.03 Å². The summed E-state index contributed by atoms with van der Waals surface area (Å²) in [6, 6.07) is 13.2. The molecule has 1 aromatic carbocycles. The molecule has 1 aromatic heterocycles. The van der Waals surface area contributed by atoms with E-state index in [1.54, 1.807) is 30.1 Å². The van der Waals surface area contributed by atoms with Crippen molar-refractivity contribution in [1.82, 2.24) is 10.3 Å². The highest BCUT2D eigenvalue weighted by Gasteiger charge is 1.98. The van der Waals surface area contributed by atoms with Gasteiger partial charge in [0.1, 0.15) is 0 Å². The average molecular weight is 319 g/mol. The molecule has 0 unspecified atom stereocenters. The fourth-order valence-corrected chi connectivity index (χ4v) is 2.52. The molecule has 0 aliphatic carbocycles. The number of thioether (sulfide) groups is 1. The first kappa shape index (κ1) is 15.6. The fourth-order valence-electron chi connectivity index (χ4n) is 1.60. The predicted molar refractivity (Wildman–Crippen MR) is 88.5 cm³/mol. The molecule has 0 saturated carbocycles. The van der Waals surface area contributed by atoms with E-state index in [0.717, 1.165) is 16.3 Å². The van der Waals surface area contributed by atoms with Gasteiger partial charge in [-0.1, -0.05) is 35.9 Å². The minimum atomic E-state index is -0.128. The number of hydrogen-bond donors (Lipinski definition) is 1. The van der Waals surface area contributed by atoms with Gasteiger partial charge in [-0.25, -0.2) is 4.98 Å². The van der Waals surface area contributed by atoms with Crippen molar-refractivity contribution in [2.45, 2.75) is 5.03 Å². The molecule has 0 aliphatic rings. The minimum Gasteiger partial charge on any atom is -0.352 e. The molecule has 1 N–H and O–H groups in total. The van der Waals surface area contributed by atoms with Crippen molar-refractivity contribution >= 4 is 35.3 Å². The maximum absolute atomic E-state index is 11.7. The fraction of sp³-hybridized carbons (Fsp3) is 0.125. The first-order valence-electron chi connectivity index (χ1n) is 6.50. The van der Waals surface area contributed by atoms with Gasteiger partial charge in [0, 0.05) is 29.6 Å². The van der Waals surface area contributed by atoms with Gasteiger partial charge in [-0.2, -0.15) is 0 Å². The molecule has 0 saturated heterocycles. The molecule has 5 heteroatoms. The summed E-state index contributed by atoms with van der Waals surface area (Å²) in [6.45, 7) is 0.590. The number of halogens is 1. The van der Waals surface area contributed by atoms with Crippen LogP contribution in [0.2, 0.25) is 5.02 Å². The number of amides is 1. The molecule has 0 bridgehead atoms. The van der Waals surface area contributed by atoms with Gasteiger partial charge in [0.25, 0.3) is 0 Å². The maximum Gasteiger partial charge on any atom is 0.244 e. The van der Waals surface area contributed by atoms with Crippen LogP contribution in [0.5, 0.6) is 0 Å². The van der Waals surface area contributed by atoms with Crippen LogP contribution in [0.3, 0.4) is 0 Å². The van der Waals surface area contributed by atoms with Gasteiger partial charge < -0.3 is 5.32 Å². The molecule has 108 valence electrons. The lowest BCUT2D eigenvalue weighted by Gasteiger charge is -2.02. The predicted octanol–water partition coefficient (Wildman–Crippen LogP) is 3.66. The SMILES string of the molecule is O=C(C=Cc1ccccc1Cl)NCCSc1ccccn1. The molecule has 0 spiro atoms. The first-order chi connectivity index (χ1) is 10.3. The zero-order valence-corrected chi connectivity index (χ0v) is 12.9. The van der Waals surface area contributed by atoms with Crippen LogP contribution in [-0.4, -0.2) is 23.2 Å². The van der Waals surface area contributed by atoms with Crippen molar-refractivity contribution in [3.05, 3.63) is 65.3 Å². The lowest BCUT2D eigenvalue weighted by Crippen LogP contribution is -2.23. The molecule has 0 fully saturated rings. The van der Waals surface area contributed by atoms with Gasteiger partial charge >= 0.3 is 0 Å². The van der Waals surface area contributed by atoms with Gasteiger partial charge in [0.2, 0.25) is 5.91 Å². The van der Waals surface area contributed by atoms with Gasteiger partial charge in [-0.05, 0) is 29.8 Å². The summed E-state index contributed by atoms with van der Waals surface area (Å²) in [6.07, 6.45) is 4.96. The third-order valence-electron chi connectivity index (χ3n) is 2.61. The zero-order valence-electron chi connectivity index (χ0n) is 11.3. The lowest BCUT2D eigenvalue weighted by atomic mass is 10.2. The molecule has 1 heterocycles. The number of pyridine rings is 1. The van der Waals surface area contributed by atoms with Crippen LogP contribution in [0.15, 0.2) is 59.8 Å². The Morgan fingerprint density at radius 3 is 2.81 bits per heavy atom. The van der Waals surface area contributed by atoms with E-state index in [2.05, 4.69) is 10.3 Å². The molecule has 0 aliphatic heterocycles. The molecule has 0 radical (unpaired) electrons. The van der Waals surface area contributed by atoms with Crippen LogP contribution in [0.1, 0.15) is 5.56 Å². The highest BCUT2D eigenvalue weighted by molar-refractivity contribution is 7.99. The third kappa shape index (κ3) is 5.61. The number of nitrogens with one attached hydrogen (secondary N) is 1. The Kier molecular flexibility index (Phi) is 6.31. The second-order valence-electron chi connectivity index (χ2n) is 4.16. The Morgan fingerprint density at radius 2 is 2.05 bits per heavy atom. The van der Waals surface area contributed by atoms with Crippen LogP contribution in [0, 0.1) is 0 Å². The highest BCUT2D eigenvalue weighted by Crippen LogP contribution is 2.16. The summed E-state index contributed by atoms with van der Waals surface area (Å²) in [5.74, 6) is 0.652. The van der Waals surface area contributed by atoms with Crippen LogP contribution >= 0.6 is 23.4 Å². The van der Waals surface area contributed by atoms with Crippen LogP contribution in [0.25, 0.3) is 6.08 Å². The Bertz CT molecular complexity index is 617. The summed E-state index contributed by atoms with van der Waals surface area (Å²) in [5, 5.41) is 4.41. The molecule has 3 nitrogen and oxygen atoms in total. The van der Waals surface area contributed by atoms with Crippen LogP contribution < -0.4 is 5.32 Å². The van der Waals surface area contributed by atoms with E-state index in [-0.39, 0.29) is 5.91 Å². The highest BCUT2D eigenvalue weighted by atomic mass is 35.5. The Balaban J connectivity index is 1.72. The summed E-state index contributed by atoms with van der Waals surface area (Å²) >= 11 is 7.62. The van der Waals surface area contributed by atoms with Crippen LogP contribution in [-0.2, 0) is 4.79 Å². The minimum absolute atomic E-state index is 0.128. The summed E-state index contributed by atoms with van der Waals surface area (Å²) in [5.41, 5.74) is 0.831. The van der Waals surface area contributed by atoms with Gasteiger partial charge in [-0.3, -0.25) is 4.79 Å². The molecular weight excluding hydrogens is 304 g/mol. The Hall–Kier alpha value is -1.78. The molecule has 2 rings (SSSR count). The van der Waals surface area contributed by atoms with Crippen molar-refractivity contribution in [2.75, 3.05) is 12.3 Å². The molecular formula is C16H15ClN2OS. The van der Waals surface area contributed by atoms with Crippen LogP contribution in [0.4, 0.5) is 0 Å². The van der Waals surface area contributed by atoms with Crippen molar-refractivity contribution in [3.63, 3.8) is 0 Å². The Morgan fingerprint density at radius 1 is 1.24 bits per heavy atom. The van der Waals surface area contributed by atoms with Crippen molar-refractivity contribution in [3.8, 4) is 0 Å². The van der Waals surface area contributed by atoms with Crippen molar-refractivity contribution < 1.29 is 4.79 Å². The molecule has 0 atom stereocenters. The summed E-state index contributed by atoms with van der Waals surface area (Å²) in [4.78, 5) is 15.9. The Labute approximate surface area is 133 Å². The monoisotopic (exact) mass is 318 g/mol. The smallest absolute Gasteiger partial charge is 0.244 e.